The summed E-state index contributed by atoms with van der Waals surface area (Å²) in [6, 6.07) is 13.0. The molecule has 0 spiro atoms. The minimum absolute atomic E-state index is 0.582. The van der Waals surface area contributed by atoms with E-state index in [9.17, 15) is 0 Å². The minimum atomic E-state index is 0.582. The molecule has 0 fully saturated rings. The number of rotatable bonds is 6. The van der Waals surface area contributed by atoms with Crippen molar-refractivity contribution in [3.63, 3.8) is 0 Å². The number of halogens is 2. The third-order valence-corrected chi connectivity index (χ3v) is 5.14. The first-order valence-corrected chi connectivity index (χ1v) is 8.74. The summed E-state index contributed by atoms with van der Waals surface area (Å²) in [5.74, 6) is 0. The van der Waals surface area contributed by atoms with Gasteiger partial charge < -0.3 is 0 Å². The summed E-state index contributed by atoms with van der Waals surface area (Å²) >= 11 is 9.11. The molecule has 96 valence electrons. The zero-order valence-corrected chi connectivity index (χ0v) is 14.1. The maximum atomic E-state index is 3.79. The molecule has 1 aromatic heterocycles. The van der Waals surface area contributed by atoms with E-state index >= 15 is 0 Å². The lowest BCUT2D eigenvalue weighted by molar-refractivity contribution is 0.705. The number of hydrogen-bond donors (Lipinski definition) is 0. The fourth-order valence-electron chi connectivity index (χ4n) is 1.93. The van der Waals surface area contributed by atoms with Crippen molar-refractivity contribution in [2.75, 3.05) is 0 Å². The molecule has 2 aromatic rings. The molecule has 0 amide bonds. The second-order valence-electron chi connectivity index (χ2n) is 4.40. The summed E-state index contributed by atoms with van der Waals surface area (Å²) in [6.45, 7) is 0. The topological polar surface area (TPSA) is 0 Å². The molecule has 1 atom stereocenters. The number of aryl methyl sites for hydroxylation is 1. The molecule has 1 aromatic carbocycles. The van der Waals surface area contributed by atoms with Gasteiger partial charge in [0, 0.05) is 14.2 Å². The second-order valence-corrected chi connectivity index (χ2v) is 7.64. The first-order chi connectivity index (χ1) is 8.74. The van der Waals surface area contributed by atoms with E-state index in [1.807, 2.05) is 11.3 Å². The normalized spacial score (nSPS) is 12.6. The lowest BCUT2D eigenvalue weighted by Gasteiger charge is -2.09. The van der Waals surface area contributed by atoms with Gasteiger partial charge in [0.2, 0.25) is 0 Å². The maximum Gasteiger partial charge on any atom is 0.0186 e. The van der Waals surface area contributed by atoms with Crippen molar-refractivity contribution in [1.29, 1.82) is 0 Å². The fourth-order valence-corrected chi connectivity index (χ4v) is 3.64. The molecule has 1 heterocycles. The van der Waals surface area contributed by atoms with Crippen molar-refractivity contribution in [2.24, 2.45) is 0 Å². The molecule has 0 bridgehead atoms. The Morgan fingerprint density at radius 3 is 2.56 bits per heavy atom. The van der Waals surface area contributed by atoms with Gasteiger partial charge in [-0.15, -0.1) is 11.3 Å². The average Bonchev–Trinajstić information content (AvgIpc) is 2.85. The third kappa shape index (κ3) is 4.87. The van der Waals surface area contributed by atoms with E-state index in [4.69, 9.17) is 0 Å². The second kappa shape index (κ2) is 7.46. The molecule has 0 aliphatic rings. The molecule has 0 aliphatic heterocycles. The maximum absolute atomic E-state index is 3.79. The van der Waals surface area contributed by atoms with Gasteiger partial charge in [0.1, 0.15) is 0 Å². The van der Waals surface area contributed by atoms with Gasteiger partial charge >= 0.3 is 0 Å². The lowest BCUT2D eigenvalue weighted by atomic mass is 10.1. The lowest BCUT2D eigenvalue weighted by Crippen LogP contribution is -2.03. The van der Waals surface area contributed by atoms with Crippen molar-refractivity contribution >= 4 is 43.2 Å². The predicted molar refractivity (Wildman–Crippen MR) is 87.8 cm³/mol. The van der Waals surface area contributed by atoms with Crippen LogP contribution in [0.25, 0.3) is 0 Å². The highest BCUT2D eigenvalue weighted by molar-refractivity contribution is 9.10. The van der Waals surface area contributed by atoms with Crippen LogP contribution in [0, 0.1) is 0 Å². The minimum Gasteiger partial charge on any atom is -0.149 e. The Kier molecular flexibility index (Phi) is 5.93. The molecule has 0 nitrogen and oxygen atoms in total. The zero-order chi connectivity index (χ0) is 12.8. The van der Waals surface area contributed by atoms with Crippen LogP contribution in [0.1, 0.15) is 23.3 Å². The Hall–Kier alpha value is -0.120. The Morgan fingerprint density at radius 2 is 1.89 bits per heavy atom. The highest BCUT2D eigenvalue weighted by atomic mass is 79.9. The molecule has 0 saturated heterocycles. The molecule has 2 rings (SSSR count). The van der Waals surface area contributed by atoms with Gasteiger partial charge in [0.05, 0.1) is 0 Å². The van der Waals surface area contributed by atoms with Crippen LogP contribution >= 0.6 is 43.2 Å². The number of hydrogen-bond acceptors (Lipinski definition) is 1. The van der Waals surface area contributed by atoms with Gasteiger partial charge in [-0.25, -0.2) is 0 Å². The largest absolute Gasteiger partial charge is 0.149 e. The van der Waals surface area contributed by atoms with Gasteiger partial charge in [-0.1, -0.05) is 50.1 Å². The van der Waals surface area contributed by atoms with Crippen LogP contribution in [-0.2, 0) is 12.8 Å². The third-order valence-electron chi connectivity index (χ3n) is 2.89. The molecule has 0 radical (unpaired) electrons. The molecule has 0 N–H and O–H groups in total. The highest BCUT2D eigenvalue weighted by Gasteiger charge is 2.06. The van der Waals surface area contributed by atoms with Crippen LogP contribution in [0.3, 0.4) is 0 Å². The van der Waals surface area contributed by atoms with Crippen LogP contribution in [-0.4, -0.2) is 4.83 Å². The Bertz CT molecular complexity index is 448. The Balaban J connectivity index is 1.71. The van der Waals surface area contributed by atoms with Crippen LogP contribution in [0.4, 0.5) is 0 Å². The van der Waals surface area contributed by atoms with Crippen molar-refractivity contribution in [3.8, 4) is 0 Å². The Labute approximate surface area is 130 Å². The molecular formula is C15H16Br2S. The van der Waals surface area contributed by atoms with Crippen LogP contribution in [0.5, 0.6) is 0 Å². The highest BCUT2D eigenvalue weighted by Crippen LogP contribution is 2.19. The number of thiophene rings is 1. The van der Waals surface area contributed by atoms with Crippen LogP contribution in [0.2, 0.25) is 0 Å². The van der Waals surface area contributed by atoms with Gasteiger partial charge in [-0.2, -0.15) is 0 Å². The summed E-state index contributed by atoms with van der Waals surface area (Å²) in [4.78, 5) is 2.08. The molecule has 1 unspecified atom stereocenters. The first-order valence-electron chi connectivity index (χ1n) is 6.15. The van der Waals surface area contributed by atoms with Crippen LogP contribution < -0.4 is 0 Å². The van der Waals surface area contributed by atoms with Crippen molar-refractivity contribution in [2.45, 2.75) is 30.5 Å². The SMILES string of the molecule is Brc1ccc(CC(Br)CCCc2cccs2)cc1. The van der Waals surface area contributed by atoms with E-state index in [1.165, 1.54) is 29.7 Å². The van der Waals surface area contributed by atoms with Gasteiger partial charge in [0.25, 0.3) is 0 Å². The van der Waals surface area contributed by atoms with Gasteiger partial charge in [-0.05, 0) is 54.8 Å². The standard InChI is InChI=1S/C15H16Br2S/c16-13-8-6-12(7-9-13)11-14(17)3-1-4-15-5-2-10-18-15/h2,5-10,14H,1,3-4,11H2. The number of benzene rings is 1. The van der Waals surface area contributed by atoms with Crippen LogP contribution in [0.15, 0.2) is 46.3 Å². The monoisotopic (exact) mass is 386 g/mol. The zero-order valence-electron chi connectivity index (χ0n) is 10.1. The average molecular weight is 388 g/mol. The Morgan fingerprint density at radius 1 is 1.11 bits per heavy atom. The number of alkyl halides is 1. The van der Waals surface area contributed by atoms with Gasteiger partial charge in [-0.3, -0.25) is 0 Å². The molecular weight excluding hydrogens is 372 g/mol. The summed E-state index contributed by atoms with van der Waals surface area (Å²) in [6.07, 6.45) is 4.80. The van der Waals surface area contributed by atoms with E-state index in [-0.39, 0.29) is 0 Å². The fraction of sp³-hybridized carbons (Fsp3) is 0.333. The molecule has 0 aliphatic carbocycles. The summed E-state index contributed by atoms with van der Waals surface area (Å²) in [5.41, 5.74) is 1.40. The van der Waals surface area contributed by atoms with Crippen molar-refractivity contribution in [3.05, 3.63) is 56.7 Å². The quantitative estimate of drug-likeness (QED) is 0.546. The van der Waals surface area contributed by atoms with E-state index in [2.05, 4.69) is 73.6 Å². The summed E-state index contributed by atoms with van der Waals surface area (Å²) in [7, 11) is 0. The smallest absolute Gasteiger partial charge is 0.0186 e. The summed E-state index contributed by atoms with van der Waals surface area (Å²) in [5, 5.41) is 2.16. The van der Waals surface area contributed by atoms with Gasteiger partial charge in [0.15, 0.2) is 0 Å². The first kappa shape index (κ1) is 14.3. The van der Waals surface area contributed by atoms with E-state index in [1.54, 1.807) is 0 Å². The van der Waals surface area contributed by atoms with E-state index in [0.717, 1.165) is 10.9 Å². The van der Waals surface area contributed by atoms with Crippen molar-refractivity contribution in [1.82, 2.24) is 0 Å². The summed E-state index contributed by atoms with van der Waals surface area (Å²) < 4.78 is 1.15. The molecule has 3 heteroatoms. The van der Waals surface area contributed by atoms with Crippen molar-refractivity contribution < 1.29 is 0 Å². The predicted octanol–water partition coefficient (Wildman–Crippen LogP) is 5.84. The van der Waals surface area contributed by atoms with E-state index in [0.29, 0.717) is 4.83 Å². The van der Waals surface area contributed by atoms with E-state index < -0.39 is 0 Å². The molecule has 18 heavy (non-hydrogen) atoms. The molecule has 0 saturated carbocycles.